The summed E-state index contributed by atoms with van der Waals surface area (Å²) in [5.74, 6) is -2.13. The van der Waals surface area contributed by atoms with Gasteiger partial charge in [0.1, 0.15) is 17.5 Å². The van der Waals surface area contributed by atoms with Gasteiger partial charge in [-0.1, -0.05) is 0 Å². The molecule has 2 N–H and O–H groups in total. The first-order valence-corrected chi connectivity index (χ1v) is 9.11. The zero-order valence-electron chi connectivity index (χ0n) is 15.2. The molecule has 3 rings (SSSR count). The number of nitrogens with one attached hydrogen (secondary N) is 2. The lowest BCUT2D eigenvalue weighted by Crippen LogP contribution is -2.37. The zero-order chi connectivity index (χ0) is 20.1. The van der Waals surface area contributed by atoms with Crippen molar-refractivity contribution in [2.24, 2.45) is 0 Å². The molecular weight excluding hydrogens is 372 g/mol. The molecule has 0 fully saturated rings. The van der Waals surface area contributed by atoms with E-state index in [1.165, 1.54) is 4.68 Å². The Labute approximate surface area is 159 Å². The minimum atomic E-state index is -0.870. The molecule has 1 aliphatic rings. The van der Waals surface area contributed by atoms with Crippen LogP contribution in [0.15, 0.2) is 23.0 Å². The normalized spacial score (nSPS) is 13.1. The Kier molecular flexibility index (Phi) is 6.17. The molecule has 0 saturated heterocycles. The lowest BCUT2D eigenvalue weighted by Gasteiger charge is -2.09. The van der Waals surface area contributed by atoms with Crippen LogP contribution in [0.1, 0.15) is 35.4 Å². The number of fused-ring (bicyclic) bond motifs is 1. The second-order valence-corrected chi connectivity index (χ2v) is 6.57. The van der Waals surface area contributed by atoms with Gasteiger partial charge in [-0.15, -0.1) is 0 Å². The Morgan fingerprint density at radius 2 is 1.86 bits per heavy atom. The van der Waals surface area contributed by atoms with Gasteiger partial charge < -0.3 is 10.6 Å². The number of amides is 2. The molecule has 0 unspecified atom stereocenters. The van der Waals surface area contributed by atoms with Crippen LogP contribution in [0.25, 0.3) is 0 Å². The van der Waals surface area contributed by atoms with Crippen LogP contribution in [0.5, 0.6) is 0 Å². The molecule has 1 aromatic carbocycles. The van der Waals surface area contributed by atoms with Gasteiger partial charge in [-0.25, -0.2) is 18.3 Å². The number of nitrogens with zero attached hydrogens (tertiary/aromatic N) is 3. The third-order valence-electron chi connectivity index (χ3n) is 4.43. The van der Waals surface area contributed by atoms with Crippen molar-refractivity contribution < 1.29 is 18.4 Å². The van der Waals surface area contributed by atoms with E-state index in [4.69, 9.17) is 0 Å². The summed E-state index contributed by atoms with van der Waals surface area (Å²) in [5, 5.41) is 9.22. The quantitative estimate of drug-likeness (QED) is 0.673. The summed E-state index contributed by atoms with van der Waals surface area (Å²) in [6.07, 6.45) is 3.31. The Morgan fingerprint density at radius 1 is 1.11 bits per heavy atom. The number of hydrogen-bond acceptors (Lipinski definition) is 4. The van der Waals surface area contributed by atoms with Gasteiger partial charge in [-0.3, -0.25) is 14.2 Å². The Bertz CT molecular complexity index is 918. The van der Waals surface area contributed by atoms with Crippen LogP contribution in [-0.2, 0) is 24.3 Å². The largest absolute Gasteiger partial charge is 0.355 e. The summed E-state index contributed by atoms with van der Waals surface area (Å²) in [6, 6.07) is 2.43. The molecule has 150 valence electrons. The molecule has 1 aliphatic heterocycles. The van der Waals surface area contributed by atoms with E-state index in [9.17, 15) is 23.2 Å². The summed E-state index contributed by atoms with van der Waals surface area (Å²) >= 11 is 0. The highest BCUT2D eigenvalue weighted by molar-refractivity contribution is 5.96. The number of aryl methyl sites for hydroxylation is 2. The average molecular weight is 393 g/mol. The van der Waals surface area contributed by atoms with Gasteiger partial charge >= 0.3 is 5.69 Å². The second kappa shape index (κ2) is 8.77. The average Bonchev–Trinajstić information content (AvgIpc) is 2.98. The van der Waals surface area contributed by atoms with Crippen molar-refractivity contribution in [2.75, 3.05) is 13.1 Å². The van der Waals surface area contributed by atoms with Crippen molar-refractivity contribution >= 4 is 11.8 Å². The maximum Gasteiger partial charge on any atom is 0.345 e. The van der Waals surface area contributed by atoms with Gasteiger partial charge in [0.25, 0.3) is 5.91 Å². The van der Waals surface area contributed by atoms with E-state index in [1.54, 1.807) is 4.57 Å². The number of halogens is 2. The standard InChI is InChI=1S/C18H21F2N5O3/c19-13-8-12(9-14(20)10-13)17(27)22-11-16(26)21-5-3-7-25-18(28)24-6-2-1-4-15(24)23-25/h8-10H,1-7,11H2,(H,21,26)(H,22,27). The maximum atomic E-state index is 13.1. The molecule has 0 radical (unpaired) electrons. The molecule has 2 aromatic rings. The van der Waals surface area contributed by atoms with Crippen LogP contribution in [0.3, 0.4) is 0 Å². The summed E-state index contributed by atoms with van der Waals surface area (Å²) in [7, 11) is 0. The van der Waals surface area contributed by atoms with Crippen LogP contribution in [-0.4, -0.2) is 39.3 Å². The molecule has 0 saturated carbocycles. The Morgan fingerprint density at radius 3 is 2.57 bits per heavy atom. The van der Waals surface area contributed by atoms with Crippen molar-refractivity contribution in [2.45, 2.75) is 38.8 Å². The van der Waals surface area contributed by atoms with Crippen molar-refractivity contribution in [3.05, 3.63) is 51.7 Å². The molecule has 28 heavy (non-hydrogen) atoms. The molecule has 0 bridgehead atoms. The molecule has 8 nitrogen and oxygen atoms in total. The lowest BCUT2D eigenvalue weighted by atomic mass is 10.2. The molecule has 2 heterocycles. The Hall–Kier alpha value is -3.04. The van der Waals surface area contributed by atoms with Crippen molar-refractivity contribution in [3.63, 3.8) is 0 Å². The highest BCUT2D eigenvalue weighted by Crippen LogP contribution is 2.09. The van der Waals surface area contributed by atoms with E-state index in [0.717, 1.165) is 37.2 Å². The minimum absolute atomic E-state index is 0.129. The van der Waals surface area contributed by atoms with Gasteiger partial charge in [0.15, 0.2) is 0 Å². The first kappa shape index (κ1) is 19.7. The predicted molar refractivity (Wildman–Crippen MR) is 95.7 cm³/mol. The zero-order valence-corrected chi connectivity index (χ0v) is 15.2. The van der Waals surface area contributed by atoms with Crippen LogP contribution < -0.4 is 16.3 Å². The van der Waals surface area contributed by atoms with Gasteiger partial charge in [-0.05, 0) is 31.4 Å². The highest BCUT2D eigenvalue weighted by atomic mass is 19.1. The maximum absolute atomic E-state index is 13.1. The third kappa shape index (κ3) is 4.81. The van der Waals surface area contributed by atoms with Gasteiger partial charge in [0, 0.05) is 37.7 Å². The number of carbonyl (C=O) groups is 2. The fraction of sp³-hybridized carbons (Fsp3) is 0.444. The van der Waals surface area contributed by atoms with Gasteiger partial charge in [-0.2, -0.15) is 5.10 Å². The summed E-state index contributed by atoms with van der Waals surface area (Å²) in [4.78, 5) is 35.8. The molecule has 1 aromatic heterocycles. The first-order valence-electron chi connectivity index (χ1n) is 9.11. The van der Waals surface area contributed by atoms with Gasteiger partial charge in [0.05, 0.1) is 6.54 Å². The molecule has 10 heteroatoms. The summed E-state index contributed by atoms with van der Waals surface area (Å²) in [5.41, 5.74) is -0.330. The monoisotopic (exact) mass is 393 g/mol. The Balaban J connectivity index is 1.40. The van der Waals surface area contributed by atoms with Crippen LogP contribution >= 0.6 is 0 Å². The molecule has 0 atom stereocenters. The number of rotatable bonds is 7. The summed E-state index contributed by atoms with van der Waals surface area (Å²) < 4.78 is 29.3. The van der Waals surface area contributed by atoms with Crippen molar-refractivity contribution in [1.29, 1.82) is 0 Å². The van der Waals surface area contributed by atoms with Crippen LogP contribution in [0, 0.1) is 11.6 Å². The minimum Gasteiger partial charge on any atom is -0.355 e. The highest BCUT2D eigenvalue weighted by Gasteiger charge is 2.16. The SMILES string of the molecule is O=C(CNC(=O)c1cc(F)cc(F)c1)NCCCn1nc2n(c1=O)CCCC2. The van der Waals surface area contributed by atoms with E-state index in [2.05, 4.69) is 15.7 Å². The number of carbonyl (C=O) groups excluding carboxylic acids is 2. The van der Waals surface area contributed by atoms with Crippen LogP contribution in [0.4, 0.5) is 8.78 Å². The van der Waals surface area contributed by atoms with E-state index in [-0.39, 0.29) is 17.8 Å². The molecule has 0 spiro atoms. The lowest BCUT2D eigenvalue weighted by molar-refractivity contribution is -0.120. The fourth-order valence-electron chi connectivity index (χ4n) is 3.06. The van der Waals surface area contributed by atoms with Crippen molar-refractivity contribution in [1.82, 2.24) is 25.0 Å². The second-order valence-electron chi connectivity index (χ2n) is 6.57. The third-order valence-corrected chi connectivity index (χ3v) is 4.43. The van der Waals surface area contributed by atoms with Crippen LogP contribution in [0.2, 0.25) is 0 Å². The number of benzene rings is 1. The molecule has 0 aliphatic carbocycles. The predicted octanol–water partition coefficient (Wildman–Crippen LogP) is 0.596. The molecule has 2 amide bonds. The fourth-order valence-corrected chi connectivity index (χ4v) is 3.06. The van der Waals surface area contributed by atoms with Crippen molar-refractivity contribution in [3.8, 4) is 0 Å². The van der Waals surface area contributed by atoms with E-state index in [1.807, 2.05) is 0 Å². The van der Waals surface area contributed by atoms with E-state index < -0.39 is 23.4 Å². The smallest absolute Gasteiger partial charge is 0.345 e. The number of hydrogen-bond donors (Lipinski definition) is 2. The van der Waals surface area contributed by atoms with Gasteiger partial charge in [0.2, 0.25) is 5.91 Å². The first-order chi connectivity index (χ1) is 13.4. The topological polar surface area (TPSA) is 98.0 Å². The number of aromatic nitrogens is 3. The van der Waals surface area contributed by atoms with E-state index >= 15 is 0 Å². The molecular formula is C18H21F2N5O3. The van der Waals surface area contributed by atoms with E-state index in [0.29, 0.717) is 32.1 Å². The summed E-state index contributed by atoms with van der Waals surface area (Å²) in [6.45, 7) is 1.06.